The van der Waals surface area contributed by atoms with Gasteiger partial charge in [-0.05, 0) is 26.3 Å². The summed E-state index contributed by atoms with van der Waals surface area (Å²) in [6, 6.07) is 8.67. The second kappa shape index (κ2) is 6.17. The second-order valence-electron chi connectivity index (χ2n) is 4.88. The number of hydrogen-bond acceptors (Lipinski definition) is 4. The number of nitrogens with zero attached hydrogens (tertiary/aromatic N) is 2. The van der Waals surface area contributed by atoms with Crippen molar-refractivity contribution in [3.8, 4) is 11.4 Å². The molecule has 1 N–H and O–H groups in total. The summed E-state index contributed by atoms with van der Waals surface area (Å²) >= 11 is 0. The molecule has 19 heavy (non-hydrogen) atoms. The molecule has 1 aliphatic rings. The second-order valence-corrected chi connectivity index (χ2v) is 4.88. The molecule has 0 bridgehead atoms. The molecule has 1 aliphatic heterocycles. The fourth-order valence-corrected chi connectivity index (χ4v) is 2.30. The minimum Gasteiger partial charge on any atom is -0.339 e. The molecule has 102 valence electrons. The van der Waals surface area contributed by atoms with Crippen molar-refractivity contribution >= 4 is 12.4 Å². The zero-order valence-corrected chi connectivity index (χ0v) is 11.7. The maximum absolute atomic E-state index is 5.31. The van der Waals surface area contributed by atoms with Gasteiger partial charge in [0.1, 0.15) is 0 Å². The highest BCUT2D eigenvalue weighted by Crippen LogP contribution is 2.18. The lowest BCUT2D eigenvalue weighted by Gasteiger charge is -2.04. The maximum atomic E-state index is 5.31. The van der Waals surface area contributed by atoms with E-state index in [4.69, 9.17) is 4.52 Å². The van der Waals surface area contributed by atoms with Gasteiger partial charge in [-0.3, -0.25) is 0 Å². The van der Waals surface area contributed by atoms with E-state index in [2.05, 4.69) is 34.5 Å². The van der Waals surface area contributed by atoms with Gasteiger partial charge in [0, 0.05) is 18.0 Å². The van der Waals surface area contributed by atoms with Crippen LogP contribution in [0.4, 0.5) is 0 Å². The molecule has 0 radical (unpaired) electrons. The van der Waals surface area contributed by atoms with Crippen molar-refractivity contribution in [2.24, 2.45) is 0 Å². The predicted molar refractivity (Wildman–Crippen MR) is 76.4 cm³/mol. The molecule has 2 aromatic rings. The smallest absolute Gasteiger partial charge is 0.228 e. The molecule has 5 heteroatoms. The Bertz CT molecular complexity index is 518. The topological polar surface area (TPSA) is 51.0 Å². The van der Waals surface area contributed by atoms with Gasteiger partial charge in [-0.2, -0.15) is 4.98 Å². The number of aromatic nitrogens is 2. The van der Waals surface area contributed by atoms with Crippen LogP contribution in [0.1, 0.15) is 24.3 Å². The summed E-state index contributed by atoms with van der Waals surface area (Å²) in [5.74, 6) is 1.41. The zero-order valence-electron chi connectivity index (χ0n) is 10.9. The van der Waals surface area contributed by atoms with Crippen LogP contribution in [-0.2, 0) is 6.42 Å². The van der Waals surface area contributed by atoms with Crippen molar-refractivity contribution in [3.05, 3.63) is 35.7 Å². The van der Waals surface area contributed by atoms with Gasteiger partial charge in [-0.1, -0.05) is 35.0 Å². The SMILES string of the molecule is Cc1ccc(-c2noc(CC3CCCN3)n2)cc1.Cl. The lowest BCUT2D eigenvalue weighted by molar-refractivity contribution is 0.364. The van der Waals surface area contributed by atoms with E-state index in [9.17, 15) is 0 Å². The predicted octanol–water partition coefficient (Wildman–Crippen LogP) is 2.76. The molecule has 1 saturated heterocycles. The van der Waals surface area contributed by atoms with E-state index < -0.39 is 0 Å². The Hall–Kier alpha value is -1.39. The van der Waals surface area contributed by atoms with Crippen molar-refractivity contribution < 1.29 is 4.52 Å². The molecule has 4 nitrogen and oxygen atoms in total. The summed E-state index contributed by atoms with van der Waals surface area (Å²) < 4.78 is 5.31. The third-order valence-electron chi connectivity index (χ3n) is 3.36. The number of aryl methyl sites for hydroxylation is 1. The van der Waals surface area contributed by atoms with Crippen LogP contribution in [0.15, 0.2) is 28.8 Å². The molecule has 1 aromatic heterocycles. The van der Waals surface area contributed by atoms with Crippen LogP contribution in [0.2, 0.25) is 0 Å². The summed E-state index contributed by atoms with van der Waals surface area (Å²) in [6.45, 7) is 3.17. The van der Waals surface area contributed by atoms with E-state index in [1.165, 1.54) is 18.4 Å². The van der Waals surface area contributed by atoms with Crippen LogP contribution in [0.5, 0.6) is 0 Å². The van der Waals surface area contributed by atoms with Crippen LogP contribution in [-0.4, -0.2) is 22.7 Å². The third-order valence-corrected chi connectivity index (χ3v) is 3.36. The van der Waals surface area contributed by atoms with E-state index in [-0.39, 0.29) is 12.4 Å². The highest BCUT2D eigenvalue weighted by atomic mass is 35.5. The molecule has 1 aromatic carbocycles. The number of halogens is 1. The van der Waals surface area contributed by atoms with Gasteiger partial charge in [0.2, 0.25) is 11.7 Å². The summed E-state index contributed by atoms with van der Waals surface area (Å²) in [4.78, 5) is 4.46. The Balaban J connectivity index is 0.00000133. The molecule has 0 saturated carbocycles. The van der Waals surface area contributed by atoms with Crippen molar-refractivity contribution in [1.29, 1.82) is 0 Å². The molecule has 0 spiro atoms. The Kier molecular flexibility index (Phi) is 4.56. The van der Waals surface area contributed by atoms with Crippen molar-refractivity contribution in [1.82, 2.24) is 15.5 Å². The quantitative estimate of drug-likeness (QED) is 0.939. The van der Waals surface area contributed by atoms with Crippen molar-refractivity contribution in [2.75, 3.05) is 6.54 Å². The third kappa shape index (κ3) is 3.33. The van der Waals surface area contributed by atoms with Crippen LogP contribution >= 0.6 is 12.4 Å². The van der Waals surface area contributed by atoms with E-state index in [1.54, 1.807) is 0 Å². The normalized spacial score (nSPS) is 18.3. The highest BCUT2D eigenvalue weighted by Gasteiger charge is 2.18. The Morgan fingerprint density at radius 2 is 2.11 bits per heavy atom. The van der Waals surface area contributed by atoms with Gasteiger partial charge >= 0.3 is 0 Å². The van der Waals surface area contributed by atoms with Gasteiger partial charge in [0.05, 0.1) is 0 Å². The van der Waals surface area contributed by atoms with Crippen molar-refractivity contribution in [2.45, 2.75) is 32.2 Å². The van der Waals surface area contributed by atoms with E-state index in [0.29, 0.717) is 11.9 Å². The first kappa shape index (κ1) is 14.0. The fraction of sp³-hybridized carbons (Fsp3) is 0.429. The molecular formula is C14H18ClN3O. The molecule has 3 rings (SSSR count). The van der Waals surface area contributed by atoms with Gasteiger partial charge < -0.3 is 9.84 Å². The summed E-state index contributed by atoms with van der Waals surface area (Å²) in [5.41, 5.74) is 2.24. The van der Waals surface area contributed by atoms with E-state index >= 15 is 0 Å². The first-order chi connectivity index (χ1) is 8.81. The summed E-state index contributed by atoms with van der Waals surface area (Å²) in [7, 11) is 0. The van der Waals surface area contributed by atoms with Crippen LogP contribution < -0.4 is 5.32 Å². The van der Waals surface area contributed by atoms with E-state index in [0.717, 1.165) is 24.4 Å². The first-order valence-corrected chi connectivity index (χ1v) is 6.44. The van der Waals surface area contributed by atoms with Gasteiger partial charge in [0.15, 0.2) is 0 Å². The monoisotopic (exact) mass is 279 g/mol. The maximum Gasteiger partial charge on any atom is 0.228 e. The fourth-order valence-electron chi connectivity index (χ4n) is 2.30. The minimum absolute atomic E-state index is 0. The lowest BCUT2D eigenvalue weighted by Crippen LogP contribution is -2.23. The number of hydrogen-bond donors (Lipinski definition) is 1. The Morgan fingerprint density at radius 3 is 2.79 bits per heavy atom. The highest BCUT2D eigenvalue weighted by molar-refractivity contribution is 5.85. The van der Waals surface area contributed by atoms with Crippen molar-refractivity contribution in [3.63, 3.8) is 0 Å². The van der Waals surface area contributed by atoms with E-state index in [1.807, 2.05) is 12.1 Å². The van der Waals surface area contributed by atoms with Gasteiger partial charge in [-0.25, -0.2) is 0 Å². The van der Waals surface area contributed by atoms with Crippen LogP contribution in [0.3, 0.4) is 0 Å². The largest absolute Gasteiger partial charge is 0.339 e. The summed E-state index contributed by atoms with van der Waals surface area (Å²) in [5, 5.41) is 7.48. The molecule has 2 heterocycles. The molecule has 1 atom stereocenters. The average Bonchev–Trinajstić information content (AvgIpc) is 3.02. The Labute approximate surface area is 119 Å². The summed E-state index contributed by atoms with van der Waals surface area (Å²) in [6.07, 6.45) is 3.27. The first-order valence-electron chi connectivity index (χ1n) is 6.44. The molecule has 0 aliphatic carbocycles. The molecular weight excluding hydrogens is 262 g/mol. The average molecular weight is 280 g/mol. The molecule has 0 amide bonds. The van der Waals surface area contributed by atoms with Crippen LogP contribution in [0, 0.1) is 6.92 Å². The van der Waals surface area contributed by atoms with Crippen LogP contribution in [0.25, 0.3) is 11.4 Å². The minimum atomic E-state index is 0. The Morgan fingerprint density at radius 1 is 1.32 bits per heavy atom. The number of nitrogens with one attached hydrogen (secondary N) is 1. The molecule has 1 unspecified atom stereocenters. The molecule has 1 fully saturated rings. The number of benzene rings is 1. The number of rotatable bonds is 3. The lowest BCUT2D eigenvalue weighted by atomic mass is 10.1. The van der Waals surface area contributed by atoms with Gasteiger partial charge in [-0.15, -0.1) is 12.4 Å². The zero-order chi connectivity index (χ0) is 12.4. The van der Waals surface area contributed by atoms with Gasteiger partial charge in [0.25, 0.3) is 0 Å². The standard InChI is InChI=1S/C14H17N3O.ClH/c1-10-4-6-11(7-5-10)14-16-13(18-17-14)9-12-3-2-8-15-12;/h4-7,12,15H,2-3,8-9H2,1H3;1H.